The molecule has 0 spiro atoms. The quantitative estimate of drug-likeness (QED) is 0.626. The summed E-state index contributed by atoms with van der Waals surface area (Å²) in [7, 11) is 0. The van der Waals surface area contributed by atoms with Gasteiger partial charge in [-0.25, -0.2) is 4.79 Å². The van der Waals surface area contributed by atoms with E-state index in [-0.39, 0.29) is 6.61 Å². The van der Waals surface area contributed by atoms with E-state index in [9.17, 15) is 14.4 Å². The van der Waals surface area contributed by atoms with Crippen molar-refractivity contribution in [3.05, 3.63) is 83.9 Å². The van der Waals surface area contributed by atoms with Crippen molar-refractivity contribution in [3.63, 3.8) is 0 Å². The van der Waals surface area contributed by atoms with Crippen LogP contribution in [0.5, 0.6) is 0 Å². The summed E-state index contributed by atoms with van der Waals surface area (Å²) in [6.45, 7) is 0.0760. The molecule has 1 aliphatic heterocycles. The molecule has 24 heavy (non-hydrogen) atoms. The Labute approximate surface area is 139 Å². The van der Waals surface area contributed by atoms with Crippen LogP contribution in [0.15, 0.2) is 72.8 Å². The molecule has 5 nitrogen and oxygen atoms in total. The number of carbonyl (C=O) groups is 3. The first-order valence-corrected chi connectivity index (χ1v) is 7.47. The first kappa shape index (κ1) is 15.7. The minimum absolute atomic E-state index is 0.0760. The molecule has 2 amide bonds. The van der Waals surface area contributed by atoms with Gasteiger partial charge in [-0.15, -0.1) is 0 Å². The fourth-order valence-electron chi connectivity index (χ4n) is 2.50. The molecule has 0 saturated carbocycles. The molecule has 1 atom stereocenters. The van der Waals surface area contributed by atoms with E-state index >= 15 is 0 Å². The fraction of sp³-hybridized carbons (Fsp3) is 0.105. The normalized spacial score (nSPS) is 14.8. The maximum atomic E-state index is 12.6. The molecular weight excluding hydrogens is 306 g/mol. The monoisotopic (exact) mass is 321 g/mol. The molecule has 1 aliphatic rings. The van der Waals surface area contributed by atoms with E-state index in [4.69, 9.17) is 4.74 Å². The maximum absolute atomic E-state index is 12.6. The molecule has 0 aromatic heterocycles. The van der Waals surface area contributed by atoms with Crippen molar-refractivity contribution in [1.29, 1.82) is 0 Å². The summed E-state index contributed by atoms with van der Waals surface area (Å²) in [5.41, 5.74) is 1.36. The number of nitrogens with zero attached hydrogens (tertiary/aromatic N) is 1. The smallest absolute Gasteiger partial charge is 0.334 e. The number of hydrogen-bond donors (Lipinski definition) is 0. The Hall–Kier alpha value is -3.21. The van der Waals surface area contributed by atoms with E-state index in [1.807, 2.05) is 30.3 Å². The Morgan fingerprint density at radius 1 is 0.875 bits per heavy atom. The van der Waals surface area contributed by atoms with Gasteiger partial charge in [-0.05, 0) is 11.1 Å². The van der Waals surface area contributed by atoms with Gasteiger partial charge in [0.15, 0.2) is 6.04 Å². The van der Waals surface area contributed by atoms with Crippen LogP contribution in [0.2, 0.25) is 0 Å². The van der Waals surface area contributed by atoms with Crippen LogP contribution in [0.3, 0.4) is 0 Å². The van der Waals surface area contributed by atoms with Gasteiger partial charge in [-0.3, -0.25) is 14.5 Å². The van der Waals surface area contributed by atoms with Crippen LogP contribution in [0.4, 0.5) is 0 Å². The van der Waals surface area contributed by atoms with Crippen LogP contribution in [0.1, 0.15) is 17.2 Å². The summed E-state index contributed by atoms with van der Waals surface area (Å²) >= 11 is 0. The summed E-state index contributed by atoms with van der Waals surface area (Å²) in [6.07, 6.45) is 2.31. The number of carbonyl (C=O) groups excluding carboxylic acids is 3. The zero-order valence-corrected chi connectivity index (χ0v) is 12.8. The van der Waals surface area contributed by atoms with Gasteiger partial charge in [0.05, 0.1) is 0 Å². The Morgan fingerprint density at radius 2 is 1.42 bits per heavy atom. The van der Waals surface area contributed by atoms with E-state index in [1.54, 1.807) is 30.3 Å². The summed E-state index contributed by atoms with van der Waals surface area (Å²) in [5, 5.41) is 0. The molecule has 1 heterocycles. The molecule has 0 aliphatic carbocycles. The maximum Gasteiger partial charge on any atom is 0.334 e. The van der Waals surface area contributed by atoms with Gasteiger partial charge in [0.1, 0.15) is 6.61 Å². The molecule has 0 saturated heterocycles. The van der Waals surface area contributed by atoms with Crippen molar-refractivity contribution < 1.29 is 19.1 Å². The number of ether oxygens (including phenoxy) is 1. The van der Waals surface area contributed by atoms with Gasteiger partial charge < -0.3 is 4.74 Å². The summed E-state index contributed by atoms with van der Waals surface area (Å²) in [5.74, 6) is -1.69. The zero-order valence-electron chi connectivity index (χ0n) is 12.8. The van der Waals surface area contributed by atoms with Crippen molar-refractivity contribution in [2.24, 2.45) is 0 Å². The van der Waals surface area contributed by atoms with Crippen LogP contribution in [0.25, 0.3) is 0 Å². The number of imide groups is 1. The number of amides is 2. The van der Waals surface area contributed by atoms with Gasteiger partial charge in [0, 0.05) is 12.2 Å². The van der Waals surface area contributed by atoms with E-state index < -0.39 is 23.8 Å². The number of hydrogen-bond acceptors (Lipinski definition) is 4. The molecule has 5 heteroatoms. The fourth-order valence-corrected chi connectivity index (χ4v) is 2.50. The van der Waals surface area contributed by atoms with Crippen molar-refractivity contribution in [2.75, 3.05) is 0 Å². The lowest BCUT2D eigenvalue weighted by Gasteiger charge is -2.24. The molecule has 2 aromatic carbocycles. The van der Waals surface area contributed by atoms with Gasteiger partial charge in [0.2, 0.25) is 0 Å². The highest BCUT2D eigenvalue weighted by Crippen LogP contribution is 2.26. The largest absolute Gasteiger partial charge is 0.459 e. The van der Waals surface area contributed by atoms with Crippen molar-refractivity contribution in [1.82, 2.24) is 4.90 Å². The number of esters is 1. The molecule has 0 fully saturated rings. The highest BCUT2D eigenvalue weighted by molar-refractivity contribution is 6.14. The lowest BCUT2D eigenvalue weighted by atomic mass is 10.1. The third-order valence-corrected chi connectivity index (χ3v) is 3.66. The molecule has 0 N–H and O–H groups in total. The Balaban J connectivity index is 1.83. The molecular formula is C19H15NO4. The molecule has 0 radical (unpaired) electrons. The van der Waals surface area contributed by atoms with Crippen molar-refractivity contribution in [3.8, 4) is 0 Å². The molecule has 0 unspecified atom stereocenters. The lowest BCUT2D eigenvalue weighted by Crippen LogP contribution is -2.39. The number of benzene rings is 2. The Kier molecular flexibility index (Phi) is 4.52. The van der Waals surface area contributed by atoms with E-state index in [0.717, 1.165) is 22.6 Å². The van der Waals surface area contributed by atoms with Gasteiger partial charge in [0.25, 0.3) is 11.8 Å². The minimum Gasteiger partial charge on any atom is -0.459 e. The first-order chi connectivity index (χ1) is 11.7. The molecule has 2 aromatic rings. The van der Waals surface area contributed by atoms with Crippen LogP contribution in [-0.4, -0.2) is 22.7 Å². The summed E-state index contributed by atoms with van der Waals surface area (Å²) in [6, 6.07) is 16.8. The second-order valence-corrected chi connectivity index (χ2v) is 5.29. The zero-order chi connectivity index (χ0) is 16.9. The van der Waals surface area contributed by atoms with Crippen molar-refractivity contribution >= 4 is 17.8 Å². The van der Waals surface area contributed by atoms with Crippen LogP contribution in [0, 0.1) is 0 Å². The van der Waals surface area contributed by atoms with Gasteiger partial charge in [-0.2, -0.15) is 0 Å². The Morgan fingerprint density at radius 3 is 2.00 bits per heavy atom. The van der Waals surface area contributed by atoms with Crippen molar-refractivity contribution in [2.45, 2.75) is 12.6 Å². The minimum atomic E-state index is -1.09. The molecule has 3 rings (SSSR count). The molecule has 120 valence electrons. The third-order valence-electron chi connectivity index (χ3n) is 3.66. The number of rotatable bonds is 5. The van der Waals surface area contributed by atoms with Crippen LogP contribution >= 0.6 is 0 Å². The van der Waals surface area contributed by atoms with Crippen LogP contribution < -0.4 is 0 Å². The van der Waals surface area contributed by atoms with Crippen LogP contribution in [-0.2, 0) is 25.7 Å². The standard InChI is InChI=1S/C19H15NO4/c21-16-11-12-17(22)20(16)18(15-9-5-2-6-10-15)19(23)24-13-14-7-3-1-4-8-14/h1-12,18H,13H2/t18-/m0/s1. The van der Waals surface area contributed by atoms with E-state index in [2.05, 4.69) is 0 Å². The van der Waals surface area contributed by atoms with Gasteiger partial charge >= 0.3 is 5.97 Å². The van der Waals surface area contributed by atoms with E-state index in [0.29, 0.717) is 5.56 Å². The first-order valence-electron chi connectivity index (χ1n) is 7.47. The predicted octanol–water partition coefficient (Wildman–Crippen LogP) is 2.40. The third kappa shape index (κ3) is 3.25. The SMILES string of the molecule is O=C(OCc1ccccc1)[C@H](c1ccccc1)N1C(=O)C=CC1=O. The average Bonchev–Trinajstić information content (AvgIpc) is 2.94. The highest BCUT2D eigenvalue weighted by Gasteiger charge is 2.38. The summed E-state index contributed by atoms with van der Waals surface area (Å²) < 4.78 is 5.34. The summed E-state index contributed by atoms with van der Waals surface area (Å²) in [4.78, 5) is 37.5. The lowest BCUT2D eigenvalue weighted by molar-refractivity contribution is -0.159. The van der Waals surface area contributed by atoms with E-state index in [1.165, 1.54) is 0 Å². The van der Waals surface area contributed by atoms with Gasteiger partial charge in [-0.1, -0.05) is 60.7 Å². The highest BCUT2D eigenvalue weighted by atomic mass is 16.5. The second-order valence-electron chi connectivity index (χ2n) is 5.29. The molecule has 0 bridgehead atoms. The Bertz CT molecular complexity index is 766. The predicted molar refractivity (Wildman–Crippen MR) is 86.4 cm³/mol. The average molecular weight is 321 g/mol. The topological polar surface area (TPSA) is 63.7 Å². The second kappa shape index (κ2) is 6.91.